The summed E-state index contributed by atoms with van der Waals surface area (Å²) in [5.74, 6) is 0.520. The molecule has 0 aliphatic rings. The number of anilines is 1. The first-order chi connectivity index (χ1) is 7.65. The molecule has 0 saturated carbocycles. The predicted molar refractivity (Wildman–Crippen MR) is 63.2 cm³/mol. The van der Waals surface area contributed by atoms with Crippen LogP contribution in [0.25, 0.3) is 0 Å². The maximum atomic E-state index is 5.80. The molecule has 0 unspecified atom stereocenters. The van der Waals surface area contributed by atoms with Gasteiger partial charge in [0, 0.05) is 14.1 Å². The molecule has 9 heteroatoms. The second kappa shape index (κ2) is 4.89. The van der Waals surface area contributed by atoms with Gasteiger partial charge >= 0.3 is 0 Å². The lowest BCUT2D eigenvalue weighted by Gasteiger charge is -2.09. The molecule has 16 heavy (non-hydrogen) atoms. The number of rotatable bonds is 3. The van der Waals surface area contributed by atoms with Crippen LogP contribution in [0.1, 0.15) is 0 Å². The molecule has 2 aromatic heterocycles. The summed E-state index contributed by atoms with van der Waals surface area (Å²) in [7, 11) is 3.68. The Morgan fingerprint density at radius 3 is 2.75 bits per heavy atom. The maximum Gasteiger partial charge on any atom is 0.230 e. The summed E-state index contributed by atoms with van der Waals surface area (Å²) in [6.07, 6.45) is 1.49. The minimum absolute atomic E-state index is 0.172. The van der Waals surface area contributed by atoms with E-state index in [-0.39, 0.29) is 5.28 Å². The van der Waals surface area contributed by atoms with E-state index in [0.717, 1.165) is 4.34 Å². The zero-order chi connectivity index (χ0) is 11.5. The third-order valence-corrected chi connectivity index (χ3v) is 3.24. The monoisotopic (exact) mass is 274 g/mol. The van der Waals surface area contributed by atoms with Crippen LogP contribution in [-0.2, 0) is 0 Å². The summed E-state index contributed by atoms with van der Waals surface area (Å²) < 4.78 is 4.66. The highest BCUT2D eigenvalue weighted by atomic mass is 35.5. The number of nitrogens with zero attached hydrogens (tertiary/aromatic N) is 6. The van der Waals surface area contributed by atoms with Gasteiger partial charge in [-0.25, -0.2) is 4.98 Å². The smallest absolute Gasteiger partial charge is 0.230 e. The molecule has 0 aromatic carbocycles. The van der Waals surface area contributed by atoms with Gasteiger partial charge in [0.25, 0.3) is 0 Å². The molecular weight excluding hydrogens is 268 g/mol. The van der Waals surface area contributed by atoms with E-state index >= 15 is 0 Å². The van der Waals surface area contributed by atoms with Crippen molar-refractivity contribution in [2.45, 2.75) is 9.50 Å². The Morgan fingerprint density at radius 1 is 1.31 bits per heavy atom. The quantitative estimate of drug-likeness (QED) is 0.842. The molecule has 0 radical (unpaired) electrons. The SMILES string of the molecule is CN(C)c1nc(Cl)nc(Sc2ncns2)n1. The van der Waals surface area contributed by atoms with Crippen molar-refractivity contribution in [2.75, 3.05) is 19.0 Å². The van der Waals surface area contributed by atoms with Crippen LogP contribution in [0.15, 0.2) is 15.8 Å². The van der Waals surface area contributed by atoms with Gasteiger partial charge in [-0.1, -0.05) is 0 Å². The van der Waals surface area contributed by atoms with E-state index < -0.39 is 0 Å². The van der Waals surface area contributed by atoms with Gasteiger partial charge < -0.3 is 4.90 Å². The third kappa shape index (κ3) is 2.77. The van der Waals surface area contributed by atoms with Gasteiger partial charge in [-0.15, -0.1) is 0 Å². The average molecular weight is 275 g/mol. The van der Waals surface area contributed by atoms with Gasteiger partial charge in [0.05, 0.1) is 0 Å². The van der Waals surface area contributed by atoms with Crippen molar-refractivity contribution in [1.29, 1.82) is 0 Å². The molecule has 0 fully saturated rings. The Morgan fingerprint density at radius 2 is 2.12 bits per heavy atom. The van der Waals surface area contributed by atoms with Crippen LogP contribution in [0, 0.1) is 0 Å². The largest absolute Gasteiger partial charge is 0.347 e. The summed E-state index contributed by atoms with van der Waals surface area (Å²) in [4.78, 5) is 18.0. The molecule has 0 amide bonds. The molecule has 0 aliphatic carbocycles. The molecule has 0 atom stereocenters. The lowest BCUT2D eigenvalue weighted by atomic mass is 10.8. The van der Waals surface area contributed by atoms with Crippen molar-refractivity contribution in [3.05, 3.63) is 11.6 Å². The minimum atomic E-state index is 0.172. The van der Waals surface area contributed by atoms with Gasteiger partial charge in [0.2, 0.25) is 16.4 Å². The van der Waals surface area contributed by atoms with Crippen LogP contribution < -0.4 is 4.90 Å². The summed E-state index contributed by atoms with van der Waals surface area (Å²) in [6, 6.07) is 0. The lowest BCUT2D eigenvalue weighted by Crippen LogP contribution is -2.13. The number of aromatic nitrogens is 5. The zero-order valence-electron chi connectivity index (χ0n) is 8.46. The topological polar surface area (TPSA) is 67.7 Å². The Labute approximate surface area is 105 Å². The highest BCUT2D eigenvalue weighted by molar-refractivity contribution is 8.00. The fourth-order valence-corrected chi connectivity index (χ4v) is 2.36. The first-order valence-corrected chi connectivity index (χ1v) is 6.15. The van der Waals surface area contributed by atoms with Crippen molar-refractivity contribution in [2.24, 2.45) is 0 Å². The van der Waals surface area contributed by atoms with Gasteiger partial charge in [-0.05, 0) is 34.9 Å². The second-order valence-electron chi connectivity index (χ2n) is 2.89. The molecular formula is C7H7ClN6S2. The number of hydrogen-bond donors (Lipinski definition) is 0. The Bertz CT molecular complexity index is 474. The number of hydrogen-bond acceptors (Lipinski definition) is 8. The first-order valence-electron chi connectivity index (χ1n) is 4.18. The Kier molecular flexibility index (Phi) is 3.52. The molecule has 84 valence electrons. The van der Waals surface area contributed by atoms with Gasteiger partial charge in [-0.2, -0.15) is 19.3 Å². The summed E-state index contributed by atoms with van der Waals surface area (Å²) in [6.45, 7) is 0. The Balaban J connectivity index is 2.27. The number of halogens is 1. The maximum absolute atomic E-state index is 5.80. The molecule has 0 N–H and O–H groups in total. The highest BCUT2D eigenvalue weighted by Gasteiger charge is 2.09. The van der Waals surface area contributed by atoms with Crippen LogP contribution in [0.5, 0.6) is 0 Å². The van der Waals surface area contributed by atoms with Crippen LogP contribution in [0.3, 0.4) is 0 Å². The fourth-order valence-electron chi connectivity index (χ4n) is 0.854. The summed E-state index contributed by atoms with van der Waals surface area (Å²) in [5.41, 5.74) is 0. The van der Waals surface area contributed by atoms with E-state index in [1.165, 1.54) is 29.6 Å². The first kappa shape index (κ1) is 11.5. The Hall–Kier alpha value is -0.990. The lowest BCUT2D eigenvalue weighted by molar-refractivity contribution is 0.865. The molecule has 0 saturated heterocycles. The molecule has 0 spiro atoms. The van der Waals surface area contributed by atoms with Gasteiger partial charge in [0.1, 0.15) is 6.33 Å². The molecule has 0 aliphatic heterocycles. The molecule has 6 nitrogen and oxygen atoms in total. The molecule has 2 aromatic rings. The molecule has 2 rings (SSSR count). The molecule has 0 bridgehead atoms. The van der Waals surface area contributed by atoms with E-state index in [1.807, 2.05) is 14.1 Å². The van der Waals surface area contributed by atoms with Crippen molar-refractivity contribution in [1.82, 2.24) is 24.3 Å². The van der Waals surface area contributed by atoms with Crippen LogP contribution >= 0.6 is 34.9 Å². The van der Waals surface area contributed by atoms with E-state index in [0.29, 0.717) is 11.1 Å². The molecule has 2 heterocycles. The standard InChI is InChI=1S/C7H7ClN6S2/c1-14(2)5-11-4(8)12-6(13-5)15-7-9-3-10-16-7/h3H,1-2H3. The van der Waals surface area contributed by atoms with Crippen molar-refractivity contribution < 1.29 is 0 Å². The van der Waals surface area contributed by atoms with E-state index in [9.17, 15) is 0 Å². The fraction of sp³-hybridized carbons (Fsp3) is 0.286. The van der Waals surface area contributed by atoms with Gasteiger partial charge in [0.15, 0.2) is 4.34 Å². The van der Waals surface area contributed by atoms with Crippen LogP contribution in [0.2, 0.25) is 5.28 Å². The van der Waals surface area contributed by atoms with E-state index in [1.54, 1.807) is 4.90 Å². The summed E-state index contributed by atoms with van der Waals surface area (Å²) in [5, 5.41) is 0.686. The average Bonchev–Trinajstić information content (AvgIpc) is 2.69. The third-order valence-electron chi connectivity index (χ3n) is 1.50. The van der Waals surface area contributed by atoms with E-state index in [4.69, 9.17) is 11.6 Å². The van der Waals surface area contributed by atoms with Gasteiger partial charge in [-0.3, -0.25) is 0 Å². The highest BCUT2D eigenvalue weighted by Crippen LogP contribution is 2.26. The van der Waals surface area contributed by atoms with Crippen molar-refractivity contribution >= 4 is 40.8 Å². The predicted octanol–water partition coefficient (Wildman–Crippen LogP) is 1.59. The zero-order valence-corrected chi connectivity index (χ0v) is 10.8. The summed E-state index contributed by atoms with van der Waals surface area (Å²) >= 11 is 8.39. The van der Waals surface area contributed by atoms with Crippen LogP contribution in [-0.4, -0.2) is 38.4 Å². The minimum Gasteiger partial charge on any atom is -0.347 e. The van der Waals surface area contributed by atoms with Crippen molar-refractivity contribution in [3.8, 4) is 0 Å². The van der Waals surface area contributed by atoms with E-state index in [2.05, 4.69) is 24.3 Å². The second-order valence-corrected chi connectivity index (χ2v) is 5.22. The van der Waals surface area contributed by atoms with Crippen LogP contribution in [0.4, 0.5) is 5.95 Å². The van der Waals surface area contributed by atoms with Crippen molar-refractivity contribution in [3.63, 3.8) is 0 Å². The normalized spacial score (nSPS) is 10.4.